The quantitative estimate of drug-likeness (QED) is 0.686. The molecule has 1 saturated heterocycles. The van der Waals surface area contributed by atoms with E-state index in [1.807, 2.05) is 6.07 Å². The normalized spacial score (nSPS) is 24.8. The molecular weight excluding hydrogens is 208 g/mol. The van der Waals surface area contributed by atoms with E-state index in [2.05, 4.69) is 4.98 Å². The summed E-state index contributed by atoms with van der Waals surface area (Å²) < 4.78 is 0. The molecule has 0 aliphatic carbocycles. The number of carbonyl (C=O) groups excluding carboxylic acids is 1. The van der Waals surface area contributed by atoms with Crippen LogP contribution in [0.4, 0.5) is 0 Å². The maximum atomic E-state index is 11.8. The maximum absolute atomic E-state index is 11.8. The van der Waals surface area contributed by atoms with Gasteiger partial charge in [0.1, 0.15) is 0 Å². The second-order valence-electron chi connectivity index (χ2n) is 3.97. The first-order chi connectivity index (χ1) is 7.66. The van der Waals surface area contributed by atoms with Crippen molar-refractivity contribution >= 4 is 5.91 Å². The predicted octanol–water partition coefficient (Wildman–Crippen LogP) is -0.812. The van der Waals surface area contributed by atoms with Gasteiger partial charge in [-0.3, -0.25) is 9.78 Å². The van der Waals surface area contributed by atoms with Crippen LogP contribution in [0.25, 0.3) is 0 Å². The van der Waals surface area contributed by atoms with Crippen molar-refractivity contribution in [2.75, 3.05) is 13.1 Å². The zero-order valence-corrected chi connectivity index (χ0v) is 8.78. The summed E-state index contributed by atoms with van der Waals surface area (Å²) in [6.45, 7) is 0.417. The highest BCUT2D eigenvalue weighted by Crippen LogP contribution is 2.11. The fraction of sp³-hybridized carbons (Fsp3) is 0.455. The van der Waals surface area contributed by atoms with Gasteiger partial charge < -0.3 is 15.1 Å². The van der Waals surface area contributed by atoms with Crippen LogP contribution in [0.2, 0.25) is 0 Å². The van der Waals surface area contributed by atoms with Gasteiger partial charge in [-0.1, -0.05) is 6.07 Å². The topological polar surface area (TPSA) is 73.7 Å². The van der Waals surface area contributed by atoms with Crippen molar-refractivity contribution in [3.05, 3.63) is 30.1 Å². The van der Waals surface area contributed by atoms with E-state index in [1.54, 1.807) is 18.5 Å². The molecule has 2 atom stereocenters. The molecule has 1 amide bonds. The van der Waals surface area contributed by atoms with Gasteiger partial charge in [-0.25, -0.2) is 0 Å². The molecule has 86 valence electrons. The number of pyridine rings is 1. The molecular formula is C11H14N2O3. The molecule has 2 heterocycles. The second kappa shape index (κ2) is 4.59. The number of rotatable bonds is 2. The Hall–Kier alpha value is -1.46. The van der Waals surface area contributed by atoms with Crippen molar-refractivity contribution in [2.45, 2.75) is 18.6 Å². The van der Waals surface area contributed by atoms with Gasteiger partial charge in [0.05, 0.1) is 18.6 Å². The lowest BCUT2D eigenvalue weighted by molar-refractivity contribution is -0.129. The number of nitrogens with zero attached hydrogens (tertiary/aromatic N) is 2. The van der Waals surface area contributed by atoms with E-state index >= 15 is 0 Å². The van der Waals surface area contributed by atoms with E-state index in [-0.39, 0.29) is 25.4 Å². The molecule has 1 aromatic rings. The Morgan fingerprint density at radius 3 is 2.69 bits per heavy atom. The van der Waals surface area contributed by atoms with E-state index in [1.165, 1.54) is 4.90 Å². The molecule has 2 N–H and O–H groups in total. The Balaban J connectivity index is 1.95. The molecule has 0 spiro atoms. The summed E-state index contributed by atoms with van der Waals surface area (Å²) in [4.78, 5) is 17.2. The first kappa shape index (κ1) is 11.0. The van der Waals surface area contributed by atoms with Crippen LogP contribution in [0, 0.1) is 0 Å². The molecule has 5 nitrogen and oxygen atoms in total. The van der Waals surface area contributed by atoms with Crippen LogP contribution in [0.1, 0.15) is 5.56 Å². The number of likely N-dealkylation sites (tertiary alicyclic amines) is 1. The minimum absolute atomic E-state index is 0.0939. The van der Waals surface area contributed by atoms with E-state index < -0.39 is 12.2 Å². The fourth-order valence-corrected chi connectivity index (χ4v) is 1.76. The molecule has 0 bridgehead atoms. The minimum atomic E-state index is -0.821. The first-order valence-corrected chi connectivity index (χ1v) is 5.19. The molecule has 5 heteroatoms. The molecule has 2 rings (SSSR count). The SMILES string of the molecule is O=C(Cc1cccnc1)N1C[C@@H](O)[C@@H](O)C1. The zero-order chi connectivity index (χ0) is 11.5. The van der Waals surface area contributed by atoms with Crippen molar-refractivity contribution in [2.24, 2.45) is 0 Å². The lowest BCUT2D eigenvalue weighted by Crippen LogP contribution is -2.31. The molecule has 1 aliphatic rings. The van der Waals surface area contributed by atoms with Gasteiger partial charge in [0.15, 0.2) is 0 Å². The van der Waals surface area contributed by atoms with E-state index in [4.69, 9.17) is 0 Å². The third kappa shape index (κ3) is 2.37. The maximum Gasteiger partial charge on any atom is 0.227 e. The van der Waals surface area contributed by atoms with Crippen LogP contribution < -0.4 is 0 Å². The van der Waals surface area contributed by atoms with Crippen molar-refractivity contribution in [3.63, 3.8) is 0 Å². The van der Waals surface area contributed by atoms with Crippen LogP contribution >= 0.6 is 0 Å². The van der Waals surface area contributed by atoms with E-state index in [9.17, 15) is 15.0 Å². The monoisotopic (exact) mass is 222 g/mol. The summed E-state index contributed by atoms with van der Waals surface area (Å²) in [7, 11) is 0. The van der Waals surface area contributed by atoms with Gasteiger partial charge >= 0.3 is 0 Å². The first-order valence-electron chi connectivity index (χ1n) is 5.19. The van der Waals surface area contributed by atoms with E-state index in [0.29, 0.717) is 0 Å². The van der Waals surface area contributed by atoms with Crippen LogP contribution in [0.5, 0.6) is 0 Å². The van der Waals surface area contributed by atoms with Crippen LogP contribution in [0.15, 0.2) is 24.5 Å². The Morgan fingerprint density at radius 1 is 1.44 bits per heavy atom. The van der Waals surface area contributed by atoms with Gasteiger partial charge in [-0.2, -0.15) is 0 Å². The van der Waals surface area contributed by atoms with Gasteiger partial charge in [0.2, 0.25) is 5.91 Å². The van der Waals surface area contributed by atoms with Crippen LogP contribution in [-0.2, 0) is 11.2 Å². The third-order valence-electron chi connectivity index (χ3n) is 2.69. The van der Waals surface area contributed by atoms with Crippen LogP contribution in [-0.4, -0.2) is 51.3 Å². The summed E-state index contributed by atoms with van der Waals surface area (Å²) in [6.07, 6.45) is 1.90. The van der Waals surface area contributed by atoms with Crippen molar-refractivity contribution in [1.29, 1.82) is 0 Å². The fourth-order valence-electron chi connectivity index (χ4n) is 1.76. The molecule has 1 aromatic heterocycles. The summed E-state index contributed by atoms with van der Waals surface area (Å²) in [5.74, 6) is -0.0939. The zero-order valence-electron chi connectivity index (χ0n) is 8.78. The lowest BCUT2D eigenvalue weighted by atomic mass is 10.2. The molecule has 0 unspecified atom stereocenters. The number of hydrogen-bond donors (Lipinski definition) is 2. The number of aliphatic hydroxyl groups excluding tert-OH is 2. The highest BCUT2D eigenvalue weighted by atomic mass is 16.3. The van der Waals surface area contributed by atoms with Gasteiger partial charge in [0.25, 0.3) is 0 Å². The lowest BCUT2D eigenvalue weighted by Gasteiger charge is -2.14. The number of aromatic nitrogens is 1. The summed E-state index contributed by atoms with van der Waals surface area (Å²) in [5, 5.41) is 18.7. The molecule has 1 aliphatic heterocycles. The number of β-amino-alcohol motifs (C(OH)–C–C–N with tert-alkyl or cyclic N) is 2. The van der Waals surface area contributed by atoms with E-state index in [0.717, 1.165) is 5.56 Å². The predicted molar refractivity (Wildman–Crippen MR) is 56.5 cm³/mol. The van der Waals surface area contributed by atoms with Gasteiger partial charge in [0, 0.05) is 25.5 Å². The Morgan fingerprint density at radius 2 is 2.12 bits per heavy atom. The number of amides is 1. The highest BCUT2D eigenvalue weighted by molar-refractivity contribution is 5.79. The Bertz CT molecular complexity index is 359. The number of hydrogen-bond acceptors (Lipinski definition) is 4. The molecule has 0 aromatic carbocycles. The minimum Gasteiger partial charge on any atom is -0.388 e. The van der Waals surface area contributed by atoms with Gasteiger partial charge in [-0.05, 0) is 11.6 Å². The highest BCUT2D eigenvalue weighted by Gasteiger charge is 2.32. The Labute approximate surface area is 93.3 Å². The summed E-state index contributed by atoms with van der Waals surface area (Å²) >= 11 is 0. The number of aliphatic hydroxyl groups is 2. The molecule has 16 heavy (non-hydrogen) atoms. The van der Waals surface area contributed by atoms with Crippen LogP contribution in [0.3, 0.4) is 0 Å². The Kier molecular flexibility index (Phi) is 3.17. The third-order valence-corrected chi connectivity index (χ3v) is 2.69. The molecule has 1 fully saturated rings. The standard InChI is InChI=1S/C11H14N2O3/c14-9-6-13(7-10(9)15)11(16)4-8-2-1-3-12-5-8/h1-3,5,9-10,14-15H,4,6-7H2/t9-,10+. The second-order valence-corrected chi connectivity index (χ2v) is 3.97. The van der Waals surface area contributed by atoms with Crippen molar-refractivity contribution < 1.29 is 15.0 Å². The van der Waals surface area contributed by atoms with Crippen molar-refractivity contribution in [3.8, 4) is 0 Å². The smallest absolute Gasteiger partial charge is 0.227 e. The molecule has 0 radical (unpaired) electrons. The summed E-state index contributed by atoms with van der Waals surface area (Å²) in [6, 6.07) is 3.60. The molecule has 0 saturated carbocycles. The van der Waals surface area contributed by atoms with Gasteiger partial charge in [-0.15, -0.1) is 0 Å². The average Bonchev–Trinajstić information content (AvgIpc) is 2.61. The van der Waals surface area contributed by atoms with Crippen molar-refractivity contribution in [1.82, 2.24) is 9.88 Å². The average molecular weight is 222 g/mol. The largest absolute Gasteiger partial charge is 0.388 e. The summed E-state index contributed by atoms with van der Waals surface area (Å²) in [5.41, 5.74) is 0.836. The number of carbonyl (C=O) groups is 1.